The second kappa shape index (κ2) is 10.0. The highest BCUT2D eigenvalue weighted by atomic mass is 16.7. The summed E-state index contributed by atoms with van der Waals surface area (Å²) in [6.07, 6.45) is -0.321. The number of hydrogen-bond acceptors (Lipinski definition) is 9. The van der Waals surface area contributed by atoms with Crippen molar-refractivity contribution in [3.63, 3.8) is 0 Å². The lowest BCUT2D eigenvalue weighted by Crippen LogP contribution is -2.37. The Hall–Kier alpha value is -4.64. The molecule has 5 rings (SSSR count). The number of carbonyl (C=O) groups is 2. The first-order valence-electron chi connectivity index (χ1n) is 12.0. The zero-order chi connectivity index (χ0) is 27.0. The van der Waals surface area contributed by atoms with E-state index in [1.807, 2.05) is 6.92 Å². The van der Waals surface area contributed by atoms with Crippen LogP contribution in [0.3, 0.4) is 0 Å². The predicted molar refractivity (Wildman–Crippen MR) is 136 cm³/mol. The third-order valence-electron chi connectivity index (χ3n) is 6.52. The van der Waals surface area contributed by atoms with Crippen molar-refractivity contribution >= 4 is 28.9 Å². The Morgan fingerprint density at radius 3 is 2.47 bits per heavy atom. The number of fused-ring (bicyclic) bond motifs is 1. The molecule has 2 fully saturated rings. The normalized spacial score (nSPS) is 20.5. The van der Waals surface area contributed by atoms with E-state index in [9.17, 15) is 24.8 Å². The standard InChI is InChI=1S/C27H25N3O8/c1-3-13-37-20-10-8-17(9-11-20)28-26(32)23-24(16-7-12-21(31)22(14-16)36-2)29(38-25(23)27(28)33)18-5-4-6-19(15-18)30(34)35/h4-12,14-15,23-25,31H,3,13H2,1-2H3. The average Bonchev–Trinajstić information content (AvgIpc) is 3.44. The summed E-state index contributed by atoms with van der Waals surface area (Å²) in [4.78, 5) is 45.3. The lowest BCUT2D eigenvalue weighted by atomic mass is 9.90. The molecule has 0 saturated carbocycles. The van der Waals surface area contributed by atoms with Gasteiger partial charge in [-0.3, -0.25) is 24.5 Å². The van der Waals surface area contributed by atoms with Crippen molar-refractivity contribution in [2.75, 3.05) is 23.7 Å². The topological polar surface area (TPSA) is 132 Å². The number of anilines is 2. The lowest BCUT2D eigenvalue weighted by molar-refractivity contribution is -0.384. The molecule has 38 heavy (non-hydrogen) atoms. The zero-order valence-corrected chi connectivity index (χ0v) is 20.6. The molecule has 11 nitrogen and oxygen atoms in total. The van der Waals surface area contributed by atoms with Gasteiger partial charge >= 0.3 is 0 Å². The maximum atomic E-state index is 13.8. The molecule has 2 saturated heterocycles. The summed E-state index contributed by atoms with van der Waals surface area (Å²) >= 11 is 0. The van der Waals surface area contributed by atoms with Gasteiger partial charge in [-0.05, 0) is 54.4 Å². The van der Waals surface area contributed by atoms with Crippen LogP contribution in [-0.2, 0) is 14.4 Å². The number of hydrogen-bond donors (Lipinski definition) is 1. The van der Waals surface area contributed by atoms with Crippen LogP contribution in [0.4, 0.5) is 17.1 Å². The summed E-state index contributed by atoms with van der Waals surface area (Å²) in [5.74, 6) is -1.31. The number of amides is 2. The first-order chi connectivity index (χ1) is 18.3. The van der Waals surface area contributed by atoms with Crippen LogP contribution in [0.1, 0.15) is 24.9 Å². The summed E-state index contributed by atoms with van der Waals surface area (Å²) in [5.41, 5.74) is 1.03. The van der Waals surface area contributed by atoms with Crippen LogP contribution in [0.5, 0.6) is 17.2 Å². The van der Waals surface area contributed by atoms with Crippen LogP contribution in [-0.4, -0.2) is 41.7 Å². The minimum Gasteiger partial charge on any atom is -0.504 e. The van der Waals surface area contributed by atoms with Gasteiger partial charge in [-0.1, -0.05) is 19.1 Å². The summed E-state index contributed by atoms with van der Waals surface area (Å²) in [6.45, 7) is 2.54. The van der Waals surface area contributed by atoms with Gasteiger partial charge < -0.3 is 14.6 Å². The first-order valence-corrected chi connectivity index (χ1v) is 12.0. The Labute approximate surface area is 217 Å². The summed E-state index contributed by atoms with van der Waals surface area (Å²) < 4.78 is 10.8. The Morgan fingerprint density at radius 1 is 1.03 bits per heavy atom. The molecule has 0 bridgehead atoms. The summed E-state index contributed by atoms with van der Waals surface area (Å²) in [6, 6.07) is 16.1. The lowest BCUT2D eigenvalue weighted by Gasteiger charge is -2.29. The third kappa shape index (κ3) is 4.26. The van der Waals surface area contributed by atoms with E-state index in [0.29, 0.717) is 29.3 Å². The van der Waals surface area contributed by atoms with Crippen molar-refractivity contribution in [1.82, 2.24) is 0 Å². The number of phenolic OH excluding ortho intramolecular Hbond substituents is 1. The van der Waals surface area contributed by atoms with Crippen molar-refractivity contribution in [2.45, 2.75) is 25.5 Å². The number of nitrogens with zero attached hydrogens (tertiary/aromatic N) is 3. The molecule has 2 aliphatic rings. The minimum atomic E-state index is -1.16. The van der Waals surface area contributed by atoms with Gasteiger partial charge in [0.05, 0.1) is 36.1 Å². The van der Waals surface area contributed by atoms with Crippen molar-refractivity contribution in [3.05, 3.63) is 82.4 Å². The van der Waals surface area contributed by atoms with Crippen molar-refractivity contribution < 1.29 is 33.9 Å². The first kappa shape index (κ1) is 25.0. The van der Waals surface area contributed by atoms with E-state index < -0.39 is 34.8 Å². The number of nitro benzene ring substituents is 1. The number of rotatable bonds is 8. The van der Waals surface area contributed by atoms with Gasteiger partial charge in [-0.25, -0.2) is 9.96 Å². The molecule has 2 heterocycles. The molecule has 0 spiro atoms. The number of methoxy groups -OCH3 is 1. The SMILES string of the molecule is CCCOc1ccc(N2C(=O)C3ON(c4cccc([N+](=O)[O-])c4)C(c4ccc(O)c(OC)c4)C3C2=O)cc1. The maximum absolute atomic E-state index is 13.8. The van der Waals surface area contributed by atoms with Crippen LogP contribution < -0.4 is 19.4 Å². The number of phenols is 1. The van der Waals surface area contributed by atoms with Crippen molar-refractivity contribution in [3.8, 4) is 17.2 Å². The maximum Gasteiger partial charge on any atom is 0.271 e. The highest BCUT2D eigenvalue weighted by Crippen LogP contribution is 2.49. The molecule has 3 aromatic carbocycles. The van der Waals surface area contributed by atoms with E-state index in [2.05, 4.69) is 0 Å². The van der Waals surface area contributed by atoms with Gasteiger partial charge in [-0.15, -0.1) is 0 Å². The smallest absolute Gasteiger partial charge is 0.271 e. The van der Waals surface area contributed by atoms with Crippen LogP contribution in [0.2, 0.25) is 0 Å². The molecule has 3 aromatic rings. The van der Waals surface area contributed by atoms with Gasteiger partial charge in [0.15, 0.2) is 17.6 Å². The molecule has 0 aliphatic carbocycles. The fraction of sp³-hybridized carbons (Fsp3) is 0.259. The van der Waals surface area contributed by atoms with Crippen LogP contribution in [0.15, 0.2) is 66.7 Å². The number of nitro groups is 1. The fourth-order valence-electron chi connectivity index (χ4n) is 4.76. The summed E-state index contributed by atoms with van der Waals surface area (Å²) in [5, 5.41) is 22.9. The number of ether oxygens (including phenoxy) is 2. The molecule has 2 amide bonds. The fourth-order valence-corrected chi connectivity index (χ4v) is 4.76. The molecule has 1 N–H and O–H groups in total. The Bertz CT molecular complexity index is 1390. The van der Waals surface area contributed by atoms with Crippen LogP contribution in [0.25, 0.3) is 0 Å². The summed E-state index contributed by atoms with van der Waals surface area (Å²) in [7, 11) is 1.39. The quantitative estimate of drug-likeness (QED) is 0.265. The van der Waals surface area contributed by atoms with Crippen LogP contribution >= 0.6 is 0 Å². The number of carbonyl (C=O) groups excluding carboxylic acids is 2. The molecule has 2 aliphatic heterocycles. The number of imide groups is 1. The Balaban J connectivity index is 1.55. The van der Waals surface area contributed by atoms with Crippen molar-refractivity contribution in [1.29, 1.82) is 0 Å². The second-order valence-corrected chi connectivity index (χ2v) is 8.88. The zero-order valence-electron chi connectivity index (χ0n) is 20.6. The largest absolute Gasteiger partial charge is 0.504 e. The molecule has 11 heteroatoms. The minimum absolute atomic E-state index is 0.102. The van der Waals surface area contributed by atoms with Crippen molar-refractivity contribution in [2.24, 2.45) is 5.92 Å². The van der Waals surface area contributed by atoms with E-state index in [1.165, 1.54) is 36.4 Å². The van der Waals surface area contributed by atoms with E-state index in [0.717, 1.165) is 11.3 Å². The molecular formula is C27H25N3O8. The molecule has 0 aromatic heterocycles. The van der Waals surface area contributed by atoms with Gasteiger partial charge in [0.2, 0.25) is 5.91 Å². The Morgan fingerprint density at radius 2 is 1.79 bits per heavy atom. The molecule has 0 radical (unpaired) electrons. The second-order valence-electron chi connectivity index (χ2n) is 8.88. The number of aromatic hydroxyl groups is 1. The van der Waals surface area contributed by atoms with Gasteiger partial charge in [0.25, 0.3) is 11.6 Å². The predicted octanol–water partition coefficient (Wildman–Crippen LogP) is 4.15. The molecule has 3 unspecified atom stereocenters. The average molecular weight is 520 g/mol. The molecular weight excluding hydrogens is 494 g/mol. The van der Waals surface area contributed by atoms with Gasteiger partial charge in [-0.2, -0.15) is 0 Å². The highest BCUT2D eigenvalue weighted by molar-refractivity contribution is 6.24. The number of hydroxylamine groups is 1. The van der Waals surface area contributed by atoms with Gasteiger partial charge in [0, 0.05) is 12.1 Å². The highest BCUT2D eigenvalue weighted by Gasteiger charge is 2.60. The van der Waals surface area contributed by atoms with E-state index in [-0.39, 0.29) is 17.2 Å². The van der Waals surface area contributed by atoms with Crippen LogP contribution in [0, 0.1) is 16.0 Å². The van der Waals surface area contributed by atoms with E-state index >= 15 is 0 Å². The van der Waals surface area contributed by atoms with E-state index in [4.69, 9.17) is 14.3 Å². The monoisotopic (exact) mass is 519 g/mol. The number of benzene rings is 3. The third-order valence-corrected chi connectivity index (χ3v) is 6.52. The van der Waals surface area contributed by atoms with E-state index in [1.54, 1.807) is 42.5 Å². The number of non-ortho nitro benzene ring substituents is 1. The Kier molecular flexibility index (Phi) is 6.60. The molecule has 196 valence electrons. The molecule has 3 atom stereocenters. The van der Waals surface area contributed by atoms with Gasteiger partial charge in [0.1, 0.15) is 11.7 Å².